The van der Waals surface area contributed by atoms with Gasteiger partial charge in [-0.05, 0) is 24.6 Å². The Hall–Kier alpha value is -3.22. The smallest absolute Gasteiger partial charge is 0.253 e. The van der Waals surface area contributed by atoms with Crippen molar-refractivity contribution >= 4 is 28.6 Å². The highest BCUT2D eigenvalue weighted by atomic mass is 16.3. The van der Waals surface area contributed by atoms with Crippen LogP contribution < -0.4 is 5.32 Å². The van der Waals surface area contributed by atoms with Crippen molar-refractivity contribution in [1.29, 1.82) is 0 Å². The molecule has 0 bridgehead atoms. The van der Waals surface area contributed by atoms with Crippen LogP contribution in [0, 0.1) is 0 Å². The number of amides is 3. The maximum Gasteiger partial charge on any atom is 0.253 e. The van der Waals surface area contributed by atoms with Crippen molar-refractivity contribution in [3.63, 3.8) is 0 Å². The second-order valence-electron chi connectivity index (χ2n) is 5.30. The highest BCUT2D eigenvalue weighted by Gasteiger charge is 2.22. The van der Waals surface area contributed by atoms with Crippen LogP contribution in [0.5, 0.6) is 5.75 Å². The molecule has 1 aliphatic heterocycles. The molecule has 3 amide bonds. The molecule has 2 aromatic rings. The highest BCUT2D eigenvalue weighted by Crippen LogP contribution is 2.25. The van der Waals surface area contributed by atoms with Gasteiger partial charge in [0.05, 0.1) is 0 Å². The predicted octanol–water partition coefficient (Wildman–Crippen LogP) is 0.985. The van der Waals surface area contributed by atoms with Crippen LogP contribution in [0.2, 0.25) is 0 Å². The Kier molecular flexibility index (Phi) is 4.24. The lowest BCUT2D eigenvalue weighted by atomic mass is 10.1. The summed E-state index contributed by atoms with van der Waals surface area (Å²) in [6.45, 7) is 0.571. The number of hydrogen-bond acceptors (Lipinski definition) is 5. The molecule has 7 heteroatoms. The molecule has 0 unspecified atom stereocenters. The second-order valence-corrected chi connectivity index (χ2v) is 5.30. The normalized spacial score (nSPS) is 13.8. The van der Waals surface area contributed by atoms with Crippen molar-refractivity contribution in [3.8, 4) is 5.75 Å². The number of phenols is 1. The summed E-state index contributed by atoms with van der Waals surface area (Å²) < 4.78 is 0. The minimum atomic E-state index is -0.332. The van der Waals surface area contributed by atoms with Crippen LogP contribution in [0.15, 0.2) is 42.6 Å². The number of nitrogens with one attached hydrogen (secondary N) is 1. The van der Waals surface area contributed by atoms with Crippen LogP contribution >= 0.6 is 0 Å². The Bertz CT molecular complexity index is 842. The van der Waals surface area contributed by atoms with Gasteiger partial charge >= 0.3 is 0 Å². The third-order valence-electron chi connectivity index (χ3n) is 3.74. The predicted molar refractivity (Wildman–Crippen MR) is 86.2 cm³/mol. The number of imide groups is 1. The number of phenolic OH excluding ortho intramolecular Hbond substituents is 1. The Morgan fingerprint density at radius 3 is 2.67 bits per heavy atom. The Morgan fingerprint density at radius 1 is 1.17 bits per heavy atom. The summed E-state index contributed by atoms with van der Waals surface area (Å²) >= 11 is 0. The van der Waals surface area contributed by atoms with E-state index >= 15 is 0 Å². The van der Waals surface area contributed by atoms with E-state index in [4.69, 9.17) is 0 Å². The zero-order chi connectivity index (χ0) is 17.1. The number of hydrogen-bond donors (Lipinski definition) is 2. The van der Waals surface area contributed by atoms with Crippen LogP contribution in [-0.2, 0) is 9.59 Å². The molecule has 0 aliphatic carbocycles. The fraction of sp³-hybridized carbons (Fsp3) is 0.176. The maximum absolute atomic E-state index is 12.3. The third kappa shape index (κ3) is 2.96. The average molecular weight is 325 g/mol. The van der Waals surface area contributed by atoms with Gasteiger partial charge in [-0.15, -0.1) is 0 Å². The van der Waals surface area contributed by atoms with E-state index in [9.17, 15) is 19.5 Å². The topological polar surface area (TPSA) is 99.6 Å². The molecule has 7 nitrogen and oxygen atoms in total. The van der Waals surface area contributed by atoms with Crippen molar-refractivity contribution in [2.24, 2.45) is 0 Å². The first-order valence-corrected chi connectivity index (χ1v) is 7.46. The number of carbonyl (C=O) groups is 3. The Balaban J connectivity index is 1.61. The molecule has 0 spiro atoms. The van der Waals surface area contributed by atoms with Gasteiger partial charge in [0.1, 0.15) is 11.3 Å². The number of pyridine rings is 1. The summed E-state index contributed by atoms with van der Waals surface area (Å²) in [4.78, 5) is 40.3. The van der Waals surface area contributed by atoms with Gasteiger partial charge in [0.25, 0.3) is 17.7 Å². The van der Waals surface area contributed by atoms with E-state index in [2.05, 4.69) is 10.3 Å². The van der Waals surface area contributed by atoms with Gasteiger partial charge in [-0.1, -0.05) is 6.07 Å². The summed E-state index contributed by atoms with van der Waals surface area (Å²) in [7, 11) is 0. The van der Waals surface area contributed by atoms with Crippen LogP contribution in [0.3, 0.4) is 0 Å². The molecular weight excluding hydrogens is 310 g/mol. The van der Waals surface area contributed by atoms with E-state index < -0.39 is 0 Å². The number of carbonyl (C=O) groups excluding carboxylic acids is 3. The summed E-state index contributed by atoms with van der Waals surface area (Å²) in [5.41, 5.74) is 0.773. The van der Waals surface area contributed by atoms with Crippen molar-refractivity contribution in [2.75, 3.05) is 13.1 Å². The molecule has 2 N–H and O–H groups in total. The molecule has 0 saturated carbocycles. The third-order valence-corrected chi connectivity index (χ3v) is 3.74. The lowest BCUT2D eigenvalue weighted by Gasteiger charge is -2.14. The van der Waals surface area contributed by atoms with Gasteiger partial charge in [-0.2, -0.15) is 0 Å². The van der Waals surface area contributed by atoms with E-state index in [0.717, 1.165) is 4.90 Å². The minimum absolute atomic E-state index is 0.0145. The zero-order valence-electron chi connectivity index (χ0n) is 12.7. The average Bonchev–Trinajstić information content (AvgIpc) is 2.90. The molecule has 2 heterocycles. The molecule has 1 aliphatic rings. The van der Waals surface area contributed by atoms with Crippen molar-refractivity contribution < 1.29 is 19.5 Å². The number of aromatic nitrogens is 1. The molecule has 1 aromatic heterocycles. The molecular formula is C17H15N3O4. The highest BCUT2D eigenvalue weighted by molar-refractivity contribution is 6.12. The molecule has 0 fully saturated rings. The summed E-state index contributed by atoms with van der Waals surface area (Å²) in [6, 6.07) is 6.37. The quantitative estimate of drug-likeness (QED) is 0.631. The van der Waals surface area contributed by atoms with E-state index in [-0.39, 0.29) is 30.0 Å². The first kappa shape index (κ1) is 15.7. The fourth-order valence-corrected chi connectivity index (χ4v) is 2.54. The van der Waals surface area contributed by atoms with Crippen molar-refractivity contribution in [3.05, 3.63) is 48.2 Å². The molecule has 122 valence electrons. The number of benzene rings is 1. The van der Waals surface area contributed by atoms with Crippen molar-refractivity contribution in [2.45, 2.75) is 6.42 Å². The van der Waals surface area contributed by atoms with Crippen LogP contribution in [0.1, 0.15) is 16.8 Å². The summed E-state index contributed by atoms with van der Waals surface area (Å²) in [6.07, 6.45) is 4.47. The first-order chi connectivity index (χ1) is 11.6. The largest absolute Gasteiger partial charge is 0.506 e. The van der Waals surface area contributed by atoms with Gasteiger partial charge in [-0.25, -0.2) is 0 Å². The van der Waals surface area contributed by atoms with Crippen LogP contribution in [-0.4, -0.2) is 45.8 Å². The number of fused-ring (bicyclic) bond motifs is 1. The first-order valence-electron chi connectivity index (χ1n) is 7.46. The number of nitrogens with zero attached hydrogens (tertiary/aromatic N) is 2. The molecule has 0 saturated heterocycles. The fourth-order valence-electron chi connectivity index (χ4n) is 2.54. The van der Waals surface area contributed by atoms with E-state index in [1.165, 1.54) is 24.3 Å². The van der Waals surface area contributed by atoms with Crippen molar-refractivity contribution in [1.82, 2.24) is 15.2 Å². The zero-order valence-corrected chi connectivity index (χ0v) is 12.7. The molecule has 3 rings (SSSR count). The SMILES string of the molecule is O=C(NCCCN1C(=O)C=CC1=O)c1ccc(O)c2ncccc12. The van der Waals surface area contributed by atoms with Gasteiger partial charge < -0.3 is 10.4 Å². The van der Waals surface area contributed by atoms with Gasteiger partial charge in [0.2, 0.25) is 0 Å². The minimum Gasteiger partial charge on any atom is -0.506 e. The van der Waals surface area contributed by atoms with Gasteiger partial charge in [0.15, 0.2) is 0 Å². The molecule has 1 aromatic carbocycles. The van der Waals surface area contributed by atoms with E-state index in [1.54, 1.807) is 18.3 Å². The summed E-state index contributed by atoms with van der Waals surface area (Å²) in [5.74, 6) is -0.949. The van der Waals surface area contributed by atoms with Gasteiger partial charge in [-0.3, -0.25) is 24.3 Å². The monoisotopic (exact) mass is 325 g/mol. The number of aromatic hydroxyl groups is 1. The Morgan fingerprint density at radius 2 is 1.92 bits per heavy atom. The van der Waals surface area contributed by atoms with E-state index in [0.29, 0.717) is 29.4 Å². The molecule has 0 radical (unpaired) electrons. The summed E-state index contributed by atoms with van der Waals surface area (Å²) in [5, 5.41) is 13.1. The standard InChI is InChI=1S/C17H15N3O4/c21-13-5-4-12(11-3-1-8-18-16(11)13)17(24)19-9-2-10-20-14(22)6-7-15(20)23/h1,3-8,21H,2,9-10H2,(H,19,24). The molecule has 0 atom stereocenters. The maximum atomic E-state index is 12.3. The number of rotatable bonds is 5. The lowest BCUT2D eigenvalue weighted by molar-refractivity contribution is -0.136. The van der Waals surface area contributed by atoms with Gasteiger partial charge in [0, 0.05) is 42.4 Å². The lowest BCUT2D eigenvalue weighted by Crippen LogP contribution is -2.33. The molecule has 24 heavy (non-hydrogen) atoms. The van der Waals surface area contributed by atoms with Crippen LogP contribution in [0.4, 0.5) is 0 Å². The van der Waals surface area contributed by atoms with Crippen LogP contribution in [0.25, 0.3) is 10.9 Å². The Labute approximate surface area is 137 Å². The van der Waals surface area contributed by atoms with E-state index in [1.807, 2.05) is 0 Å². The second kappa shape index (κ2) is 6.49.